The molecule has 0 saturated carbocycles. The number of fused-ring (bicyclic) bond motifs is 1. The van der Waals surface area contributed by atoms with Crippen LogP contribution < -0.4 is 14.8 Å². The summed E-state index contributed by atoms with van der Waals surface area (Å²) < 4.78 is 37.5. The number of rotatable bonds is 4. The van der Waals surface area contributed by atoms with E-state index in [0.717, 1.165) is 0 Å². The summed E-state index contributed by atoms with van der Waals surface area (Å²) in [5, 5.41) is 2.63. The zero-order valence-electron chi connectivity index (χ0n) is 11.5. The standard InChI is InChI=1S/C14H14N2O5S/c17-14-5-7-21-13-4-3-11(8-12(13)16-14)22(18,19)15-9-10-2-1-6-20-10/h1-4,6,8,15H,5,7,9H2,(H,16,17). The number of carbonyl (C=O) groups excluding carboxylic acids is 1. The lowest BCUT2D eigenvalue weighted by Crippen LogP contribution is -2.23. The van der Waals surface area contributed by atoms with Gasteiger partial charge in [-0.2, -0.15) is 0 Å². The first-order chi connectivity index (χ1) is 10.5. The molecular formula is C14H14N2O5S. The number of nitrogens with one attached hydrogen (secondary N) is 2. The molecule has 3 rings (SSSR count). The van der Waals surface area contributed by atoms with E-state index in [9.17, 15) is 13.2 Å². The Labute approximate surface area is 127 Å². The predicted molar refractivity (Wildman–Crippen MR) is 77.9 cm³/mol. The maximum absolute atomic E-state index is 12.3. The maximum atomic E-state index is 12.3. The molecule has 1 aliphatic rings. The minimum atomic E-state index is -3.72. The van der Waals surface area contributed by atoms with E-state index in [4.69, 9.17) is 9.15 Å². The van der Waals surface area contributed by atoms with Crippen LogP contribution in [0.5, 0.6) is 5.75 Å². The minimum absolute atomic E-state index is 0.0450. The monoisotopic (exact) mass is 322 g/mol. The lowest BCUT2D eigenvalue weighted by molar-refractivity contribution is -0.116. The van der Waals surface area contributed by atoms with Crippen LogP contribution in [0, 0.1) is 0 Å². The van der Waals surface area contributed by atoms with E-state index >= 15 is 0 Å². The highest BCUT2D eigenvalue weighted by molar-refractivity contribution is 7.89. The first-order valence-electron chi connectivity index (χ1n) is 6.63. The normalized spacial score (nSPS) is 14.6. The van der Waals surface area contributed by atoms with Gasteiger partial charge in [-0.3, -0.25) is 4.79 Å². The van der Waals surface area contributed by atoms with Gasteiger partial charge in [-0.1, -0.05) is 0 Å². The first-order valence-corrected chi connectivity index (χ1v) is 8.12. The Morgan fingerprint density at radius 1 is 1.27 bits per heavy atom. The van der Waals surface area contributed by atoms with Crippen molar-refractivity contribution in [2.75, 3.05) is 11.9 Å². The highest BCUT2D eigenvalue weighted by Crippen LogP contribution is 2.29. The Hall–Kier alpha value is -2.32. The average Bonchev–Trinajstić information content (AvgIpc) is 2.93. The summed E-state index contributed by atoms with van der Waals surface area (Å²) in [6.45, 7) is 0.316. The molecule has 0 radical (unpaired) electrons. The second-order valence-electron chi connectivity index (χ2n) is 4.71. The van der Waals surface area contributed by atoms with Gasteiger partial charge in [0.2, 0.25) is 15.9 Å². The highest BCUT2D eigenvalue weighted by atomic mass is 32.2. The zero-order chi connectivity index (χ0) is 15.6. The Balaban J connectivity index is 1.83. The number of carbonyl (C=O) groups is 1. The second-order valence-corrected chi connectivity index (χ2v) is 6.48. The zero-order valence-corrected chi connectivity index (χ0v) is 12.4. The van der Waals surface area contributed by atoms with Gasteiger partial charge in [0.15, 0.2) is 0 Å². The fraction of sp³-hybridized carbons (Fsp3) is 0.214. The molecule has 116 valence electrons. The molecule has 0 spiro atoms. The van der Waals surface area contributed by atoms with E-state index in [1.165, 1.54) is 24.5 Å². The summed E-state index contributed by atoms with van der Waals surface area (Å²) in [6, 6.07) is 7.69. The fourth-order valence-corrected chi connectivity index (χ4v) is 3.05. The topological polar surface area (TPSA) is 97.6 Å². The van der Waals surface area contributed by atoms with E-state index in [2.05, 4.69) is 10.0 Å². The predicted octanol–water partition coefficient (Wildman–Crippen LogP) is 1.48. The number of hydrogen-bond donors (Lipinski definition) is 2. The largest absolute Gasteiger partial charge is 0.491 e. The van der Waals surface area contributed by atoms with Crippen LogP contribution in [0.2, 0.25) is 0 Å². The van der Waals surface area contributed by atoms with Crippen LogP contribution in [-0.4, -0.2) is 20.9 Å². The Kier molecular flexibility index (Phi) is 3.86. The third-order valence-electron chi connectivity index (χ3n) is 3.14. The molecule has 7 nitrogen and oxygen atoms in total. The van der Waals surface area contributed by atoms with Crippen LogP contribution in [0.4, 0.5) is 5.69 Å². The van der Waals surface area contributed by atoms with Gasteiger partial charge < -0.3 is 14.5 Å². The van der Waals surface area contributed by atoms with Gasteiger partial charge in [0.1, 0.15) is 11.5 Å². The van der Waals surface area contributed by atoms with Crippen LogP contribution in [0.1, 0.15) is 12.2 Å². The lowest BCUT2D eigenvalue weighted by atomic mass is 10.3. The average molecular weight is 322 g/mol. The van der Waals surface area contributed by atoms with Gasteiger partial charge in [0, 0.05) is 0 Å². The Morgan fingerprint density at radius 3 is 2.91 bits per heavy atom. The van der Waals surface area contributed by atoms with Crippen LogP contribution >= 0.6 is 0 Å². The van der Waals surface area contributed by atoms with Crippen molar-refractivity contribution < 1.29 is 22.4 Å². The van der Waals surface area contributed by atoms with Crippen molar-refractivity contribution >= 4 is 21.6 Å². The molecule has 0 atom stereocenters. The number of furan rings is 1. The third-order valence-corrected chi connectivity index (χ3v) is 4.54. The summed E-state index contributed by atoms with van der Waals surface area (Å²) in [4.78, 5) is 11.6. The maximum Gasteiger partial charge on any atom is 0.241 e. The van der Waals surface area contributed by atoms with E-state index in [-0.39, 0.29) is 30.4 Å². The molecule has 0 unspecified atom stereocenters. The van der Waals surface area contributed by atoms with Gasteiger partial charge in [-0.15, -0.1) is 0 Å². The van der Waals surface area contributed by atoms with Crippen molar-refractivity contribution in [1.29, 1.82) is 0 Å². The molecule has 0 aliphatic carbocycles. The quantitative estimate of drug-likeness (QED) is 0.888. The molecule has 0 bridgehead atoms. The van der Waals surface area contributed by atoms with Gasteiger partial charge in [-0.05, 0) is 30.3 Å². The summed E-state index contributed by atoms with van der Waals surface area (Å²) in [5.74, 6) is 0.752. The number of benzene rings is 1. The van der Waals surface area contributed by atoms with E-state index in [1.54, 1.807) is 12.1 Å². The molecule has 22 heavy (non-hydrogen) atoms. The minimum Gasteiger partial charge on any atom is -0.491 e. The smallest absolute Gasteiger partial charge is 0.241 e. The Morgan fingerprint density at radius 2 is 2.14 bits per heavy atom. The molecule has 1 amide bonds. The van der Waals surface area contributed by atoms with Crippen molar-refractivity contribution in [3.8, 4) is 5.75 Å². The second kappa shape index (κ2) is 5.82. The molecule has 1 aromatic carbocycles. The molecule has 0 fully saturated rings. The third kappa shape index (κ3) is 3.12. The van der Waals surface area contributed by atoms with Crippen molar-refractivity contribution in [1.82, 2.24) is 4.72 Å². The number of hydrogen-bond acceptors (Lipinski definition) is 5. The number of sulfonamides is 1. The first kappa shape index (κ1) is 14.6. The number of anilines is 1. The summed E-state index contributed by atoms with van der Waals surface area (Å²) in [6.07, 6.45) is 1.70. The van der Waals surface area contributed by atoms with Crippen LogP contribution in [0.3, 0.4) is 0 Å². The summed E-state index contributed by atoms with van der Waals surface area (Å²) in [7, 11) is -3.72. The molecule has 2 aromatic rings. The van der Waals surface area contributed by atoms with Crippen LogP contribution in [0.15, 0.2) is 45.9 Å². The molecular weight excluding hydrogens is 308 g/mol. The molecule has 2 N–H and O–H groups in total. The van der Waals surface area contributed by atoms with Crippen molar-refractivity contribution in [3.05, 3.63) is 42.4 Å². The van der Waals surface area contributed by atoms with Gasteiger partial charge in [0.05, 0.1) is 36.4 Å². The SMILES string of the molecule is O=C1CCOc2ccc(S(=O)(=O)NCc3ccco3)cc2N1. The van der Waals surface area contributed by atoms with Crippen molar-refractivity contribution in [3.63, 3.8) is 0 Å². The summed E-state index contributed by atoms with van der Waals surface area (Å²) >= 11 is 0. The Bertz CT molecular complexity index is 784. The molecule has 1 aliphatic heterocycles. The van der Waals surface area contributed by atoms with E-state index < -0.39 is 10.0 Å². The van der Waals surface area contributed by atoms with Gasteiger partial charge in [0.25, 0.3) is 0 Å². The summed E-state index contributed by atoms with van der Waals surface area (Å²) in [5.41, 5.74) is 0.350. The molecule has 2 heterocycles. The van der Waals surface area contributed by atoms with Crippen LogP contribution in [-0.2, 0) is 21.4 Å². The molecule has 0 saturated heterocycles. The molecule has 1 aromatic heterocycles. The van der Waals surface area contributed by atoms with Gasteiger partial charge >= 0.3 is 0 Å². The highest BCUT2D eigenvalue weighted by Gasteiger charge is 2.19. The van der Waals surface area contributed by atoms with Crippen LogP contribution in [0.25, 0.3) is 0 Å². The van der Waals surface area contributed by atoms with E-state index in [1.807, 2.05) is 0 Å². The number of ether oxygens (including phenoxy) is 1. The fourth-order valence-electron chi connectivity index (χ4n) is 2.03. The van der Waals surface area contributed by atoms with Crippen molar-refractivity contribution in [2.24, 2.45) is 0 Å². The van der Waals surface area contributed by atoms with Crippen molar-refractivity contribution in [2.45, 2.75) is 17.9 Å². The molecule has 8 heteroatoms. The van der Waals surface area contributed by atoms with Gasteiger partial charge in [-0.25, -0.2) is 13.1 Å². The lowest BCUT2D eigenvalue weighted by Gasteiger charge is -2.10. The van der Waals surface area contributed by atoms with E-state index in [0.29, 0.717) is 17.2 Å². The number of amides is 1.